The summed E-state index contributed by atoms with van der Waals surface area (Å²) in [6.45, 7) is 1.71. The van der Waals surface area contributed by atoms with E-state index in [1.54, 1.807) is 0 Å². The fraction of sp³-hybridized carbons (Fsp3) is 0.364. The molecule has 0 saturated carbocycles. The van der Waals surface area contributed by atoms with Crippen molar-refractivity contribution in [1.29, 1.82) is 0 Å². The SMILES string of the molecule is CN1CCc2nc3c(C(=O)O)c(N)nn3cc2C1. The monoisotopic (exact) mass is 247 g/mol. The number of fused-ring (bicyclic) bond motifs is 2. The standard InChI is InChI=1S/C11H13N5O2/c1-15-3-2-7-6(4-15)5-16-10(13-7)8(11(17)18)9(12)14-16/h5H,2-4H2,1H3,(H2,12,14)(H,17,18). The van der Waals surface area contributed by atoms with Crippen LogP contribution in [-0.4, -0.2) is 44.2 Å². The highest BCUT2D eigenvalue weighted by molar-refractivity contribution is 5.99. The summed E-state index contributed by atoms with van der Waals surface area (Å²) in [5.41, 5.74) is 7.92. The fourth-order valence-corrected chi connectivity index (χ4v) is 2.28. The largest absolute Gasteiger partial charge is 0.477 e. The molecule has 0 spiro atoms. The molecule has 0 saturated heterocycles. The van der Waals surface area contributed by atoms with Crippen molar-refractivity contribution in [3.05, 3.63) is 23.0 Å². The first-order valence-corrected chi connectivity index (χ1v) is 5.64. The normalized spacial score (nSPS) is 15.8. The molecule has 3 heterocycles. The molecule has 3 N–H and O–H groups in total. The second-order valence-corrected chi connectivity index (χ2v) is 4.53. The number of carboxylic acid groups (broad SMARTS) is 1. The molecule has 1 aliphatic rings. The van der Waals surface area contributed by atoms with E-state index in [4.69, 9.17) is 10.8 Å². The van der Waals surface area contributed by atoms with Gasteiger partial charge in [-0.25, -0.2) is 14.3 Å². The summed E-state index contributed by atoms with van der Waals surface area (Å²) in [7, 11) is 2.03. The average Bonchev–Trinajstić information content (AvgIpc) is 2.60. The Morgan fingerprint density at radius 1 is 1.56 bits per heavy atom. The van der Waals surface area contributed by atoms with E-state index in [1.807, 2.05) is 13.2 Å². The third-order valence-corrected chi connectivity index (χ3v) is 3.19. The first-order chi connectivity index (χ1) is 8.56. The molecular formula is C11H13N5O2. The summed E-state index contributed by atoms with van der Waals surface area (Å²) in [5.74, 6) is -1.09. The molecule has 0 amide bonds. The summed E-state index contributed by atoms with van der Waals surface area (Å²) >= 11 is 0. The lowest BCUT2D eigenvalue weighted by Gasteiger charge is -2.23. The van der Waals surface area contributed by atoms with Gasteiger partial charge in [0.15, 0.2) is 11.5 Å². The summed E-state index contributed by atoms with van der Waals surface area (Å²) < 4.78 is 1.46. The number of carboxylic acids is 1. The Morgan fingerprint density at radius 2 is 2.33 bits per heavy atom. The van der Waals surface area contributed by atoms with Gasteiger partial charge in [-0.1, -0.05) is 0 Å². The second-order valence-electron chi connectivity index (χ2n) is 4.53. The number of rotatable bonds is 1. The predicted molar refractivity (Wildman–Crippen MR) is 64.4 cm³/mol. The first kappa shape index (κ1) is 11.0. The smallest absolute Gasteiger partial charge is 0.343 e. The minimum Gasteiger partial charge on any atom is -0.477 e. The molecule has 18 heavy (non-hydrogen) atoms. The number of carbonyl (C=O) groups is 1. The number of nitrogen functional groups attached to an aromatic ring is 1. The fourth-order valence-electron chi connectivity index (χ4n) is 2.28. The summed E-state index contributed by atoms with van der Waals surface area (Å²) in [5, 5.41) is 13.1. The molecule has 3 rings (SSSR count). The van der Waals surface area contributed by atoms with Crippen molar-refractivity contribution in [2.45, 2.75) is 13.0 Å². The predicted octanol–water partition coefficient (Wildman–Crippen LogP) is -0.00240. The quantitative estimate of drug-likeness (QED) is 0.736. The molecule has 0 aromatic carbocycles. The Morgan fingerprint density at radius 3 is 3.06 bits per heavy atom. The Balaban J connectivity index is 2.24. The van der Waals surface area contributed by atoms with Crippen molar-refractivity contribution in [2.24, 2.45) is 0 Å². The second kappa shape index (κ2) is 3.67. The minimum absolute atomic E-state index is 0.00528. The van der Waals surface area contributed by atoms with E-state index in [2.05, 4.69) is 15.0 Å². The van der Waals surface area contributed by atoms with Gasteiger partial charge in [-0.15, -0.1) is 5.10 Å². The van der Waals surface area contributed by atoms with Crippen LogP contribution in [0.15, 0.2) is 6.20 Å². The van der Waals surface area contributed by atoms with Crippen LogP contribution in [0, 0.1) is 0 Å². The number of hydrogen-bond donors (Lipinski definition) is 2. The first-order valence-electron chi connectivity index (χ1n) is 5.64. The van der Waals surface area contributed by atoms with Crippen LogP contribution in [0.2, 0.25) is 0 Å². The van der Waals surface area contributed by atoms with E-state index in [9.17, 15) is 4.79 Å². The number of aromatic nitrogens is 3. The summed E-state index contributed by atoms with van der Waals surface area (Å²) in [6.07, 6.45) is 2.63. The maximum Gasteiger partial charge on any atom is 0.343 e. The van der Waals surface area contributed by atoms with E-state index in [-0.39, 0.29) is 11.4 Å². The topological polar surface area (TPSA) is 96.8 Å². The van der Waals surface area contributed by atoms with Gasteiger partial charge in [0.1, 0.15) is 5.56 Å². The van der Waals surface area contributed by atoms with Crippen LogP contribution in [0.25, 0.3) is 5.65 Å². The molecule has 7 heteroatoms. The zero-order chi connectivity index (χ0) is 12.9. The molecule has 0 bridgehead atoms. The molecule has 2 aromatic rings. The van der Waals surface area contributed by atoms with E-state index >= 15 is 0 Å². The molecule has 1 aliphatic heterocycles. The van der Waals surface area contributed by atoms with Crippen molar-refractivity contribution in [1.82, 2.24) is 19.5 Å². The zero-order valence-corrected chi connectivity index (χ0v) is 9.92. The van der Waals surface area contributed by atoms with E-state index in [0.29, 0.717) is 5.65 Å². The van der Waals surface area contributed by atoms with E-state index < -0.39 is 5.97 Å². The molecule has 0 radical (unpaired) electrons. The highest BCUT2D eigenvalue weighted by Gasteiger charge is 2.22. The van der Waals surface area contributed by atoms with Gasteiger partial charge >= 0.3 is 5.97 Å². The molecule has 0 unspecified atom stereocenters. The molecular weight excluding hydrogens is 234 g/mol. The number of nitrogens with two attached hydrogens (primary N) is 1. The highest BCUT2D eigenvalue weighted by atomic mass is 16.4. The van der Waals surface area contributed by atoms with Crippen molar-refractivity contribution < 1.29 is 9.90 Å². The van der Waals surface area contributed by atoms with Crippen LogP contribution in [0.3, 0.4) is 0 Å². The van der Waals surface area contributed by atoms with Crippen molar-refractivity contribution in [2.75, 3.05) is 19.3 Å². The zero-order valence-electron chi connectivity index (χ0n) is 9.92. The van der Waals surface area contributed by atoms with Crippen LogP contribution in [0.4, 0.5) is 5.82 Å². The number of aromatic carboxylic acids is 1. The Hall–Kier alpha value is -2.15. The number of nitrogens with zero attached hydrogens (tertiary/aromatic N) is 4. The maximum atomic E-state index is 11.1. The van der Waals surface area contributed by atoms with E-state index in [1.165, 1.54) is 4.52 Å². The van der Waals surface area contributed by atoms with Crippen LogP contribution >= 0.6 is 0 Å². The van der Waals surface area contributed by atoms with Gasteiger partial charge in [0.25, 0.3) is 0 Å². The van der Waals surface area contributed by atoms with Crippen molar-refractivity contribution in [3.8, 4) is 0 Å². The Labute approximate surface area is 103 Å². The van der Waals surface area contributed by atoms with Crippen LogP contribution in [-0.2, 0) is 13.0 Å². The van der Waals surface area contributed by atoms with Gasteiger partial charge in [0.05, 0.1) is 5.69 Å². The van der Waals surface area contributed by atoms with Gasteiger partial charge in [-0.05, 0) is 7.05 Å². The molecule has 0 atom stereocenters. The average molecular weight is 247 g/mol. The molecule has 2 aromatic heterocycles. The minimum atomic E-state index is -1.09. The molecule has 94 valence electrons. The number of likely N-dealkylation sites (N-methyl/N-ethyl adjacent to an activating group) is 1. The molecule has 0 fully saturated rings. The van der Waals surface area contributed by atoms with Crippen LogP contribution < -0.4 is 5.73 Å². The number of anilines is 1. The summed E-state index contributed by atoms with van der Waals surface area (Å²) in [6, 6.07) is 0. The van der Waals surface area contributed by atoms with Crippen LogP contribution in [0.5, 0.6) is 0 Å². The Kier molecular flexibility index (Phi) is 2.24. The summed E-state index contributed by atoms with van der Waals surface area (Å²) in [4.78, 5) is 17.7. The van der Waals surface area contributed by atoms with Crippen molar-refractivity contribution >= 4 is 17.4 Å². The van der Waals surface area contributed by atoms with E-state index in [0.717, 1.165) is 30.8 Å². The van der Waals surface area contributed by atoms with Crippen molar-refractivity contribution in [3.63, 3.8) is 0 Å². The lowest BCUT2D eigenvalue weighted by molar-refractivity contribution is 0.0700. The van der Waals surface area contributed by atoms with Crippen LogP contribution in [0.1, 0.15) is 21.6 Å². The maximum absolute atomic E-state index is 11.1. The van der Waals surface area contributed by atoms with Gasteiger partial charge in [0, 0.05) is 31.3 Å². The van der Waals surface area contributed by atoms with Gasteiger partial charge in [-0.3, -0.25) is 0 Å². The Bertz CT molecular complexity index is 648. The highest BCUT2D eigenvalue weighted by Crippen LogP contribution is 2.21. The molecule has 7 nitrogen and oxygen atoms in total. The third kappa shape index (κ3) is 1.52. The lowest BCUT2D eigenvalue weighted by atomic mass is 10.1. The lowest BCUT2D eigenvalue weighted by Crippen LogP contribution is -2.27. The number of hydrogen-bond acceptors (Lipinski definition) is 5. The van der Waals surface area contributed by atoms with Gasteiger partial charge in [-0.2, -0.15) is 0 Å². The van der Waals surface area contributed by atoms with Gasteiger partial charge < -0.3 is 15.7 Å². The molecule has 0 aliphatic carbocycles. The van der Waals surface area contributed by atoms with Gasteiger partial charge in [0.2, 0.25) is 0 Å². The third-order valence-electron chi connectivity index (χ3n) is 3.19.